The third-order valence-corrected chi connectivity index (χ3v) is 7.06. The highest BCUT2D eigenvalue weighted by Gasteiger charge is 2.18. The third-order valence-electron chi connectivity index (χ3n) is 7.06. The van der Waals surface area contributed by atoms with Crippen molar-refractivity contribution < 1.29 is 9.53 Å². The average Bonchev–Trinajstić information content (AvgIpc) is 3.38. The molecular formula is C28H28N6O3. The highest BCUT2D eigenvalue weighted by atomic mass is 16.5. The van der Waals surface area contributed by atoms with E-state index in [1.807, 2.05) is 18.2 Å². The normalized spacial score (nSPS) is 15.6. The minimum Gasteiger partial charge on any atom is -0.379 e. The molecule has 3 heterocycles. The van der Waals surface area contributed by atoms with Crippen LogP contribution < -0.4 is 16.5 Å². The van der Waals surface area contributed by atoms with Crippen molar-refractivity contribution in [3.8, 4) is 5.69 Å². The molecule has 9 nitrogen and oxygen atoms in total. The SMILES string of the molecule is NC(=O)c1cn(-c2ccc3c(c2)CCC3)c2nc(Nc3cccc(CN4CCOCC4)c3)ncc2c1=O. The second kappa shape index (κ2) is 9.76. The molecule has 0 atom stereocenters. The Hall–Kier alpha value is -4.08. The molecular weight excluding hydrogens is 468 g/mol. The summed E-state index contributed by atoms with van der Waals surface area (Å²) in [7, 11) is 0. The number of primary amides is 1. The lowest BCUT2D eigenvalue weighted by molar-refractivity contribution is 0.0342. The van der Waals surface area contributed by atoms with E-state index >= 15 is 0 Å². The van der Waals surface area contributed by atoms with E-state index in [9.17, 15) is 9.59 Å². The highest BCUT2D eigenvalue weighted by Crippen LogP contribution is 2.26. The van der Waals surface area contributed by atoms with E-state index in [0.717, 1.165) is 63.5 Å². The number of aryl methyl sites for hydroxylation is 2. The van der Waals surface area contributed by atoms with Gasteiger partial charge in [0.15, 0.2) is 5.65 Å². The van der Waals surface area contributed by atoms with Crippen LogP contribution >= 0.6 is 0 Å². The van der Waals surface area contributed by atoms with Gasteiger partial charge < -0.3 is 20.4 Å². The van der Waals surface area contributed by atoms with Crippen molar-refractivity contribution in [1.82, 2.24) is 19.4 Å². The lowest BCUT2D eigenvalue weighted by Crippen LogP contribution is -2.35. The van der Waals surface area contributed by atoms with Crippen molar-refractivity contribution in [2.24, 2.45) is 5.73 Å². The Labute approximate surface area is 213 Å². The summed E-state index contributed by atoms with van der Waals surface area (Å²) in [6, 6.07) is 14.3. The molecule has 2 aromatic heterocycles. The number of ether oxygens (including phenoxy) is 1. The van der Waals surface area contributed by atoms with E-state index in [-0.39, 0.29) is 10.9 Å². The van der Waals surface area contributed by atoms with Gasteiger partial charge in [0.25, 0.3) is 5.91 Å². The zero-order chi connectivity index (χ0) is 25.4. The van der Waals surface area contributed by atoms with E-state index in [1.165, 1.54) is 29.1 Å². The monoisotopic (exact) mass is 496 g/mol. The lowest BCUT2D eigenvalue weighted by atomic mass is 10.1. The fourth-order valence-corrected chi connectivity index (χ4v) is 5.15. The minimum atomic E-state index is -0.777. The van der Waals surface area contributed by atoms with Gasteiger partial charge in [0.2, 0.25) is 11.4 Å². The number of hydrogen-bond acceptors (Lipinski definition) is 7. The largest absolute Gasteiger partial charge is 0.379 e. The summed E-state index contributed by atoms with van der Waals surface area (Å²) in [5, 5.41) is 3.52. The van der Waals surface area contributed by atoms with Crippen molar-refractivity contribution in [2.45, 2.75) is 25.8 Å². The molecule has 2 aromatic carbocycles. The molecule has 0 saturated carbocycles. The van der Waals surface area contributed by atoms with Crippen molar-refractivity contribution in [1.29, 1.82) is 0 Å². The number of benzene rings is 2. The molecule has 1 aliphatic heterocycles. The quantitative estimate of drug-likeness (QED) is 0.422. The number of morpholine rings is 1. The molecule has 9 heteroatoms. The molecule has 1 saturated heterocycles. The van der Waals surface area contributed by atoms with Gasteiger partial charge >= 0.3 is 0 Å². The van der Waals surface area contributed by atoms with Crippen LogP contribution in [-0.2, 0) is 24.1 Å². The average molecular weight is 497 g/mol. The number of anilines is 2. The van der Waals surface area contributed by atoms with Crippen LogP contribution in [0.25, 0.3) is 16.7 Å². The lowest BCUT2D eigenvalue weighted by Gasteiger charge is -2.26. The number of nitrogens with two attached hydrogens (primary N) is 1. The molecule has 0 spiro atoms. The molecule has 1 fully saturated rings. The number of hydrogen-bond donors (Lipinski definition) is 2. The molecule has 1 aliphatic carbocycles. The number of rotatable bonds is 6. The predicted molar refractivity (Wildman–Crippen MR) is 141 cm³/mol. The summed E-state index contributed by atoms with van der Waals surface area (Å²) in [6.45, 7) is 4.18. The first-order chi connectivity index (χ1) is 18.0. The summed E-state index contributed by atoms with van der Waals surface area (Å²) in [5.41, 5.74) is 10.8. The van der Waals surface area contributed by atoms with Gasteiger partial charge in [-0.05, 0) is 60.2 Å². The molecule has 4 aromatic rings. The van der Waals surface area contributed by atoms with Gasteiger partial charge in [-0.1, -0.05) is 18.2 Å². The molecule has 0 radical (unpaired) electrons. The van der Waals surface area contributed by atoms with Crippen LogP contribution in [0.1, 0.15) is 33.5 Å². The van der Waals surface area contributed by atoms with Gasteiger partial charge in [0.05, 0.1) is 18.6 Å². The van der Waals surface area contributed by atoms with E-state index in [1.54, 1.807) is 4.57 Å². The molecule has 188 valence electrons. The first-order valence-electron chi connectivity index (χ1n) is 12.6. The Morgan fingerprint density at radius 1 is 1.08 bits per heavy atom. The van der Waals surface area contributed by atoms with Crippen LogP contribution in [0.3, 0.4) is 0 Å². The second-order valence-electron chi connectivity index (χ2n) is 9.56. The Kier molecular flexibility index (Phi) is 6.15. The molecule has 6 rings (SSSR count). The number of nitrogens with zero attached hydrogens (tertiary/aromatic N) is 4. The fourth-order valence-electron chi connectivity index (χ4n) is 5.15. The zero-order valence-electron chi connectivity index (χ0n) is 20.4. The van der Waals surface area contributed by atoms with Crippen LogP contribution in [0.2, 0.25) is 0 Å². The van der Waals surface area contributed by atoms with Crippen LogP contribution in [-0.4, -0.2) is 51.6 Å². The minimum absolute atomic E-state index is 0.0897. The van der Waals surface area contributed by atoms with Gasteiger partial charge in [0, 0.05) is 43.4 Å². The summed E-state index contributed by atoms with van der Waals surface area (Å²) in [6.07, 6.45) is 6.14. The molecule has 1 amide bonds. The first kappa shape index (κ1) is 23.3. The Balaban J connectivity index is 1.38. The van der Waals surface area contributed by atoms with Crippen LogP contribution in [0.15, 0.2) is 59.7 Å². The Morgan fingerprint density at radius 3 is 2.76 bits per heavy atom. The third kappa shape index (κ3) is 4.71. The van der Waals surface area contributed by atoms with E-state index in [0.29, 0.717) is 11.6 Å². The maximum atomic E-state index is 13.0. The number of amides is 1. The maximum Gasteiger partial charge on any atom is 0.254 e. The summed E-state index contributed by atoms with van der Waals surface area (Å²) in [5.74, 6) is -0.418. The number of carbonyl (C=O) groups is 1. The van der Waals surface area contributed by atoms with Gasteiger partial charge in [0.1, 0.15) is 5.56 Å². The smallest absolute Gasteiger partial charge is 0.254 e. The van der Waals surface area contributed by atoms with Gasteiger partial charge in [-0.15, -0.1) is 0 Å². The zero-order valence-corrected chi connectivity index (χ0v) is 20.4. The van der Waals surface area contributed by atoms with Crippen molar-refractivity contribution in [2.75, 3.05) is 31.6 Å². The summed E-state index contributed by atoms with van der Waals surface area (Å²) < 4.78 is 7.21. The highest BCUT2D eigenvalue weighted by molar-refractivity contribution is 5.96. The van der Waals surface area contributed by atoms with Crippen molar-refractivity contribution >= 4 is 28.6 Å². The molecule has 37 heavy (non-hydrogen) atoms. The summed E-state index contributed by atoms with van der Waals surface area (Å²) >= 11 is 0. The topological polar surface area (TPSA) is 115 Å². The van der Waals surface area contributed by atoms with Gasteiger partial charge in [-0.25, -0.2) is 4.98 Å². The number of nitrogens with one attached hydrogen (secondary N) is 1. The van der Waals surface area contributed by atoms with Crippen LogP contribution in [0, 0.1) is 0 Å². The number of aromatic nitrogens is 3. The van der Waals surface area contributed by atoms with Gasteiger partial charge in [-0.2, -0.15) is 4.98 Å². The van der Waals surface area contributed by atoms with Crippen LogP contribution in [0.4, 0.5) is 11.6 Å². The molecule has 0 unspecified atom stereocenters. The number of pyridine rings is 1. The Morgan fingerprint density at radius 2 is 1.92 bits per heavy atom. The van der Waals surface area contributed by atoms with E-state index in [2.05, 4.69) is 39.5 Å². The Bertz CT molecular complexity index is 1560. The van der Waals surface area contributed by atoms with E-state index < -0.39 is 11.3 Å². The number of fused-ring (bicyclic) bond motifs is 2. The first-order valence-corrected chi connectivity index (χ1v) is 12.6. The fraction of sp³-hybridized carbons (Fsp3) is 0.286. The van der Waals surface area contributed by atoms with Crippen molar-refractivity contribution in [3.63, 3.8) is 0 Å². The van der Waals surface area contributed by atoms with Gasteiger partial charge in [-0.3, -0.25) is 14.5 Å². The standard InChI is InChI=1S/C28H28N6O3/c29-26(36)24-17-34(22-8-7-19-4-2-5-20(19)14-22)27-23(25(24)35)15-30-28(32-27)31-21-6-1-3-18(13-21)16-33-9-11-37-12-10-33/h1,3,6-8,13-15,17H,2,4-5,9-12,16H2,(H2,29,36)(H,30,31,32). The maximum absolute atomic E-state index is 13.0. The molecule has 3 N–H and O–H groups in total. The predicted octanol–water partition coefficient (Wildman–Crippen LogP) is 2.94. The summed E-state index contributed by atoms with van der Waals surface area (Å²) in [4.78, 5) is 36.5. The number of carbonyl (C=O) groups excluding carboxylic acids is 1. The van der Waals surface area contributed by atoms with Crippen LogP contribution in [0.5, 0.6) is 0 Å². The van der Waals surface area contributed by atoms with E-state index in [4.69, 9.17) is 15.5 Å². The second-order valence-corrected chi connectivity index (χ2v) is 9.56. The molecule has 0 bridgehead atoms. The van der Waals surface area contributed by atoms with Crippen molar-refractivity contribution in [3.05, 3.63) is 87.3 Å². The molecule has 2 aliphatic rings.